The Morgan fingerprint density at radius 2 is 0.842 bits per heavy atom. The molecule has 2 heteroatoms. The zero-order valence-corrected chi connectivity index (χ0v) is 17.9. The van der Waals surface area contributed by atoms with Gasteiger partial charge in [-0.1, -0.05) is 0 Å². The molecule has 0 atom stereocenters. The Morgan fingerprint density at radius 1 is 0.526 bits per heavy atom. The number of hydrogen-bond acceptors (Lipinski definition) is 0. The molecule has 0 heterocycles. The van der Waals surface area contributed by atoms with Gasteiger partial charge in [-0.25, -0.2) is 0 Å². The van der Waals surface area contributed by atoms with Crippen LogP contribution in [-0.4, -0.2) is 47.8 Å². The van der Waals surface area contributed by atoms with Crippen molar-refractivity contribution in [3.8, 4) is 0 Å². The Hall–Kier alpha value is 0.860. The molecule has 0 N–H and O–H groups in total. The fourth-order valence-corrected chi connectivity index (χ4v) is 11.8. The molecule has 0 spiro atoms. The molecule has 0 bridgehead atoms. The molecule has 0 rings (SSSR count). The normalized spacial score (nSPS) is 17.5. The monoisotopic (exact) mass is 308 g/mol. The molecule has 0 aromatic carbocycles. The third-order valence-corrected chi connectivity index (χ3v) is 20.5. The second-order valence-corrected chi connectivity index (χ2v) is 22.4. The third-order valence-electron chi connectivity index (χ3n) is 6.59. The molecule has 0 fully saturated rings. The van der Waals surface area contributed by atoms with E-state index in [-0.39, 0.29) is 0 Å². The zero-order chi connectivity index (χ0) is 15.9. The molecule has 0 saturated heterocycles. The summed E-state index contributed by atoms with van der Waals surface area (Å²) in [5.74, 6) is 0. The van der Waals surface area contributed by atoms with Gasteiger partial charge in [0.15, 0.2) is 0 Å². The van der Waals surface area contributed by atoms with E-state index < -0.39 is 14.5 Å². The Bertz CT molecular complexity index is 281. The van der Waals surface area contributed by atoms with Gasteiger partial charge in [-0.05, 0) is 0 Å². The van der Waals surface area contributed by atoms with Gasteiger partial charge in [0.2, 0.25) is 0 Å². The summed E-state index contributed by atoms with van der Waals surface area (Å²) in [5, 5.41) is 1.51. The van der Waals surface area contributed by atoms with E-state index >= 15 is 0 Å². The first-order valence-electron chi connectivity index (χ1n) is 7.96. The average Bonchev–Trinajstić information content (AvgIpc) is 2.08. The molecule has 0 aromatic rings. The van der Waals surface area contributed by atoms with Gasteiger partial charge in [0.25, 0.3) is 0 Å². The molecule has 120 valence electrons. The van der Waals surface area contributed by atoms with Crippen molar-refractivity contribution in [2.24, 2.45) is 0 Å². The minimum atomic E-state index is -1.31. The van der Waals surface area contributed by atoms with Crippen molar-refractivity contribution in [2.75, 3.05) is 32.3 Å². The van der Waals surface area contributed by atoms with Crippen molar-refractivity contribution >= 4 is 14.5 Å². The van der Waals surface area contributed by atoms with E-state index in [4.69, 9.17) is 0 Å². The van der Waals surface area contributed by atoms with Gasteiger partial charge in [0, 0.05) is 0 Å². The van der Waals surface area contributed by atoms with E-state index in [2.05, 4.69) is 82.3 Å². The first-order valence-corrected chi connectivity index (χ1v) is 13.9. The molecule has 0 unspecified atom stereocenters. The first-order chi connectivity index (χ1) is 7.96. The summed E-state index contributed by atoms with van der Waals surface area (Å²) in [6.07, 6.45) is 2.99. The fourth-order valence-electron chi connectivity index (χ4n) is 2.81. The van der Waals surface area contributed by atoms with Crippen LogP contribution >= 0.6 is 14.5 Å². The fraction of sp³-hybridized carbons (Fsp3) is 1.00. The molecule has 19 heavy (non-hydrogen) atoms. The number of rotatable bonds is 3. The molecular formula is C17H42P2. The van der Waals surface area contributed by atoms with Crippen LogP contribution in [0.5, 0.6) is 0 Å². The van der Waals surface area contributed by atoms with E-state index in [9.17, 15) is 0 Å². The molecule has 0 amide bonds. The molecule has 0 nitrogen and oxygen atoms in total. The second-order valence-electron chi connectivity index (χ2n) is 10.5. The third kappa shape index (κ3) is 4.41. The molecule has 0 aliphatic heterocycles. The van der Waals surface area contributed by atoms with Crippen LogP contribution in [0.3, 0.4) is 0 Å². The molecule has 0 radical (unpaired) electrons. The van der Waals surface area contributed by atoms with Gasteiger partial charge in [0.05, 0.1) is 0 Å². The maximum atomic E-state index is 2.65. The van der Waals surface area contributed by atoms with Gasteiger partial charge in [-0.3, -0.25) is 0 Å². The summed E-state index contributed by atoms with van der Waals surface area (Å²) < 4.78 is 0. The van der Waals surface area contributed by atoms with Crippen molar-refractivity contribution in [1.82, 2.24) is 0 Å². The summed E-state index contributed by atoms with van der Waals surface area (Å²) in [6.45, 7) is 30.1. The van der Waals surface area contributed by atoms with E-state index in [1.54, 1.807) is 0 Å². The average molecular weight is 308 g/mol. The molecule has 0 aromatic heterocycles. The quantitative estimate of drug-likeness (QED) is 0.580. The standard InChI is InChI=1S/C17H42P2/c1-15(2,3)18(10,11)13-14-19(12,16(4,5)6)17(7,8)9/h18-19H,13-14H2,1-12H3. The Kier molecular flexibility index (Phi) is 5.82. The van der Waals surface area contributed by atoms with Crippen molar-refractivity contribution in [3.63, 3.8) is 0 Å². The van der Waals surface area contributed by atoms with Gasteiger partial charge in [-0.2, -0.15) is 0 Å². The van der Waals surface area contributed by atoms with Gasteiger partial charge < -0.3 is 0 Å². The summed E-state index contributed by atoms with van der Waals surface area (Å²) in [5.41, 5.74) is 0. The van der Waals surface area contributed by atoms with Crippen LogP contribution in [0.4, 0.5) is 0 Å². The predicted molar refractivity (Wildman–Crippen MR) is 103 cm³/mol. The van der Waals surface area contributed by atoms with E-state index in [1.807, 2.05) is 0 Å². The Morgan fingerprint density at radius 3 is 1.05 bits per heavy atom. The van der Waals surface area contributed by atoms with Crippen LogP contribution in [0, 0.1) is 0 Å². The summed E-state index contributed by atoms with van der Waals surface area (Å²) >= 11 is 0. The molecular weight excluding hydrogens is 266 g/mol. The zero-order valence-electron chi connectivity index (χ0n) is 15.9. The molecule has 0 saturated carbocycles. The first kappa shape index (κ1) is 19.9. The van der Waals surface area contributed by atoms with Crippen molar-refractivity contribution in [1.29, 1.82) is 0 Å². The SMILES string of the molecule is CC(C)(C)[PH](C)(C)CC[PH](C)(C(C)(C)C)C(C)(C)C. The summed E-state index contributed by atoms with van der Waals surface area (Å²) in [4.78, 5) is 0. The van der Waals surface area contributed by atoms with Crippen LogP contribution in [0.15, 0.2) is 0 Å². The van der Waals surface area contributed by atoms with Gasteiger partial charge in [-0.15, -0.1) is 0 Å². The van der Waals surface area contributed by atoms with Crippen LogP contribution < -0.4 is 0 Å². The van der Waals surface area contributed by atoms with E-state index in [0.717, 1.165) is 0 Å². The molecule has 0 aliphatic rings. The van der Waals surface area contributed by atoms with E-state index in [1.165, 1.54) is 12.3 Å². The summed E-state index contributed by atoms with van der Waals surface area (Å²) in [6, 6.07) is 0. The van der Waals surface area contributed by atoms with Crippen LogP contribution in [-0.2, 0) is 0 Å². The Balaban J connectivity index is 5.22. The van der Waals surface area contributed by atoms with Gasteiger partial charge in [0.1, 0.15) is 0 Å². The molecule has 0 aliphatic carbocycles. The van der Waals surface area contributed by atoms with Crippen molar-refractivity contribution in [2.45, 2.75) is 77.8 Å². The van der Waals surface area contributed by atoms with Crippen molar-refractivity contribution in [3.05, 3.63) is 0 Å². The van der Waals surface area contributed by atoms with Crippen LogP contribution in [0.2, 0.25) is 0 Å². The van der Waals surface area contributed by atoms with Crippen LogP contribution in [0.1, 0.15) is 62.3 Å². The second kappa shape index (κ2) is 5.57. The number of hydrogen-bond donors (Lipinski definition) is 0. The maximum absolute atomic E-state index is 2.65. The van der Waals surface area contributed by atoms with Crippen LogP contribution in [0.25, 0.3) is 0 Å². The topological polar surface area (TPSA) is 0 Å². The van der Waals surface area contributed by atoms with E-state index in [0.29, 0.717) is 15.5 Å². The van der Waals surface area contributed by atoms with Crippen molar-refractivity contribution < 1.29 is 0 Å². The summed E-state index contributed by atoms with van der Waals surface area (Å²) in [7, 11) is -2.44. The minimum absolute atomic E-state index is 0.494. The Labute approximate surface area is 125 Å². The van der Waals surface area contributed by atoms with Gasteiger partial charge >= 0.3 is 125 Å². The predicted octanol–water partition coefficient (Wildman–Crippen LogP) is 5.77.